The van der Waals surface area contributed by atoms with Crippen LogP contribution in [0.3, 0.4) is 0 Å². The maximum Gasteiger partial charge on any atom is 0.312 e. The van der Waals surface area contributed by atoms with E-state index in [9.17, 15) is 14.9 Å². The summed E-state index contributed by atoms with van der Waals surface area (Å²) in [5.41, 5.74) is 0.966. The topological polar surface area (TPSA) is 107 Å². The third kappa shape index (κ3) is 3.90. The van der Waals surface area contributed by atoms with Crippen LogP contribution >= 0.6 is 15.9 Å². The van der Waals surface area contributed by atoms with Gasteiger partial charge in [-0.25, -0.2) is 5.84 Å². The summed E-state index contributed by atoms with van der Waals surface area (Å²) in [7, 11) is 0. The molecule has 0 radical (unpaired) electrons. The Morgan fingerprint density at radius 1 is 1.58 bits per heavy atom. The van der Waals surface area contributed by atoms with Crippen molar-refractivity contribution in [1.82, 2.24) is 5.43 Å². The highest BCUT2D eigenvalue weighted by molar-refractivity contribution is 9.10. The SMILES string of the molecule is CC(C)(COc1ccc(Br)cc1[N+](=O)[O-])C(=O)NN. The molecule has 0 unspecified atom stereocenters. The molecule has 0 aliphatic carbocycles. The molecule has 19 heavy (non-hydrogen) atoms. The lowest BCUT2D eigenvalue weighted by Crippen LogP contribution is -2.44. The molecule has 1 rings (SSSR count). The Balaban J connectivity index is 2.89. The molecule has 0 spiro atoms. The summed E-state index contributed by atoms with van der Waals surface area (Å²) in [5, 5.41) is 10.9. The summed E-state index contributed by atoms with van der Waals surface area (Å²) in [4.78, 5) is 21.8. The van der Waals surface area contributed by atoms with Gasteiger partial charge in [0.05, 0.1) is 10.3 Å². The van der Waals surface area contributed by atoms with Gasteiger partial charge in [-0.2, -0.15) is 0 Å². The molecule has 1 aromatic carbocycles. The lowest BCUT2D eigenvalue weighted by atomic mass is 9.94. The number of rotatable bonds is 5. The zero-order chi connectivity index (χ0) is 14.6. The Morgan fingerprint density at radius 2 is 2.21 bits per heavy atom. The lowest BCUT2D eigenvalue weighted by Gasteiger charge is -2.22. The van der Waals surface area contributed by atoms with Gasteiger partial charge in [-0.3, -0.25) is 20.3 Å². The van der Waals surface area contributed by atoms with Gasteiger partial charge >= 0.3 is 5.69 Å². The van der Waals surface area contributed by atoms with Crippen molar-refractivity contribution in [3.05, 3.63) is 32.8 Å². The summed E-state index contributed by atoms with van der Waals surface area (Å²) in [6.45, 7) is 3.22. The van der Waals surface area contributed by atoms with Gasteiger partial charge in [0.15, 0.2) is 5.75 Å². The van der Waals surface area contributed by atoms with Crippen molar-refractivity contribution in [2.45, 2.75) is 13.8 Å². The summed E-state index contributed by atoms with van der Waals surface area (Å²) in [6, 6.07) is 4.43. The zero-order valence-corrected chi connectivity index (χ0v) is 12.1. The highest BCUT2D eigenvalue weighted by atomic mass is 79.9. The number of hydrogen-bond acceptors (Lipinski definition) is 5. The fourth-order valence-electron chi connectivity index (χ4n) is 1.27. The van der Waals surface area contributed by atoms with E-state index in [1.165, 1.54) is 12.1 Å². The van der Waals surface area contributed by atoms with E-state index in [1.807, 2.05) is 5.43 Å². The largest absolute Gasteiger partial charge is 0.486 e. The molecule has 0 bridgehead atoms. The molecular weight excluding hydrogens is 318 g/mol. The molecule has 0 aliphatic heterocycles. The minimum atomic E-state index is -0.893. The second kappa shape index (κ2) is 5.98. The normalized spacial score (nSPS) is 10.9. The molecule has 0 heterocycles. The highest BCUT2D eigenvalue weighted by Crippen LogP contribution is 2.31. The highest BCUT2D eigenvalue weighted by Gasteiger charge is 2.29. The molecule has 1 amide bonds. The summed E-state index contributed by atoms with van der Waals surface area (Å²) < 4.78 is 5.94. The fourth-order valence-corrected chi connectivity index (χ4v) is 1.62. The summed E-state index contributed by atoms with van der Waals surface area (Å²) in [5.74, 6) is 4.75. The third-order valence-corrected chi connectivity index (χ3v) is 2.95. The maximum absolute atomic E-state index is 11.5. The fraction of sp³-hybridized carbons (Fsp3) is 0.364. The Labute approximate surface area is 118 Å². The number of hydrazine groups is 1. The van der Waals surface area contributed by atoms with Crippen LogP contribution in [0.25, 0.3) is 0 Å². The van der Waals surface area contributed by atoms with Crippen LogP contribution in [0.4, 0.5) is 5.69 Å². The first-order valence-electron chi connectivity index (χ1n) is 5.35. The predicted octanol–water partition coefficient (Wildman–Crippen LogP) is 1.75. The van der Waals surface area contributed by atoms with E-state index in [1.54, 1.807) is 19.9 Å². The van der Waals surface area contributed by atoms with Crippen LogP contribution in [-0.4, -0.2) is 17.4 Å². The van der Waals surface area contributed by atoms with E-state index in [0.29, 0.717) is 4.47 Å². The van der Waals surface area contributed by atoms with Crippen molar-refractivity contribution in [2.75, 3.05) is 6.61 Å². The third-order valence-electron chi connectivity index (χ3n) is 2.45. The van der Waals surface area contributed by atoms with Gasteiger partial charge < -0.3 is 4.74 Å². The van der Waals surface area contributed by atoms with E-state index >= 15 is 0 Å². The van der Waals surface area contributed by atoms with Crippen molar-refractivity contribution in [1.29, 1.82) is 0 Å². The standard InChI is InChI=1S/C11H14BrN3O4/c1-11(2,10(16)14-13)6-19-9-4-3-7(12)5-8(9)15(17)18/h3-5H,6,13H2,1-2H3,(H,14,16). The predicted molar refractivity (Wildman–Crippen MR) is 72.4 cm³/mol. The van der Waals surface area contributed by atoms with Crippen molar-refractivity contribution >= 4 is 27.5 Å². The number of hydrogen-bond donors (Lipinski definition) is 2. The molecule has 0 aromatic heterocycles. The molecule has 0 saturated carbocycles. The van der Waals surface area contributed by atoms with Crippen LogP contribution in [0.1, 0.15) is 13.8 Å². The molecule has 0 aliphatic rings. The first kappa shape index (κ1) is 15.4. The number of nitrogens with two attached hydrogens (primary N) is 1. The second-order valence-electron chi connectivity index (χ2n) is 4.52. The van der Waals surface area contributed by atoms with Gasteiger partial charge in [0.1, 0.15) is 6.61 Å². The molecule has 7 nitrogen and oxygen atoms in total. The smallest absolute Gasteiger partial charge is 0.312 e. The number of amides is 1. The van der Waals surface area contributed by atoms with E-state index in [4.69, 9.17) is 10.6 Å². The van der Waals surface area contributed by atoms with Crippen LogP contribution in [0, 0.1) is 15.5 Å². The van der Waals surface area contributed by atoms with Gasteiger partial charge in [-0.05, 0) is 26.0 Å². The summed E-state index contributed by atoms with van der Waals surface area (Å²) in [6.07, 6.45) is 0. The lowest BCUT2D eigenvalue weighted by molar-refractivity contribution is -0.386. The first-order chi connectivity index (χ1) is 8.77. The Bertz CT molecular complexity index is 505. The molecular formula is C11H14BrN3O4. The van der Waals surface area contributed by atoms with Crippen molar-refractivity contribution in [2.24, 2.45) is 11.3 Å². The number of ether oxygens (including phenoxy) is 1. The van der Waals surface area contributed by atoms with Crippen LogP contribution in [0.15, 0.2) is 22.7 Å². The Kier molecular flexibility index (Phi) is 4.84. The van der Waals surface area contributed by atoms with Gasteiger partial charge in [0, 0.05) is 10.5 Å². The minimum Gasteiger partial charge on any atom is -0.486 e. The van der Waals surface area contributed by atoms with E-state index in [2.05, 4.69) is 15.9 Å². The average Bonchev–Trinajstić information content (AvgIpc) is 2.36. The number of nitro groups is 1. The molecule has 0 atom stereocenters. The monoisotopic (exact) mass is 331 g/mol. The molecule has 0 fully saturated rings. The van der Waals surface area contributed by atoms with Crippen LogP contribution < -0.4 is 16.0 Å². The zero-order valence-electron chi connectivity index (χ0n) is 10.5. The van der Waals surface area contributed by atoms with Gasteiger partial charge in [0.25, 0.3) is 0 Å². The number of halogens is 1. The Morgan fingerprint density at radius 3 is 2.74 bits per heavy atom. The van der Waals surface area contributed by atoms with Gasteiger partial charge in [-0.1, -0.05) is 15.9 Å². The van der Waals surface area contributed by atoms with Crippen molar-refractivity contribution < 1.29 is 14.5 Å². The number of carbonyl (C=O) groups excluding carboxylic acids is 1. The van der Waals surface area contributed by atoms with E-state index < -0.39 is 16.2 Å². The maximum atomic E-state index is 11.5. The van der Waals surface area contributed by atoms with Crippen LogP contribution in [0.5, 0.6) is 5.75 Å². The van der Waals surface area contributed by atoms with Gasteiger partial charge in [0.2, 0.25) is 5.91 Å². The van der Waals surface area contributed by atoms with Crippen LogP contribution in [-0.2, 0) is 4.79 Å². The molecule has 1 aromatic rings. The molecule has 104 valence electrons. The van der Waals surface area contributed by atoms with Crippen molar-refractivity contribution in [3.63, 3.8) is 0 Å². The molecule has 0 saturated heterocycles. The number of nitrogens with zero attached hydrogens (tertiary/aromatic N) is 1. The Hall–Kier alpha value is -1.67. The van der Waals surface area contributed by atoms with E-state index in [-0.39, 0.29) is 18.0 Å². The number of carbonyl (C=O) groups is 1. The van der Waals surface area contributed by atoms with E-state index in [0.717, 1.165) is 0 Å². The summed E-state index contributed by atoms with van der Waals surface area (Å²) >= 11 is 3.15. The average molecular weight is 332 g/mol. The molecule has 3 N–H and O–H groups in total. The van der Waals surface area contributed by atoms with Gasteiger partial charge in [-0.15, -0.1) is 0 Å². The quantitative estimate of drug-likeness (QED) is 0.370. The number of nitro benzene ring substituents is 1. The second-order valence-corrected chi connectivity index (χ2v) is 5.43. The minimum absolute atomic E-state index is 0.0293. The first-order valence-corrected chi connectivity index (χ1v) is 6.15. The molecule has 8 heteroatoms. The van der Waals surface area contributed by atoms with Crippen LogP contribution in [0.2, 0.25) is 0 Å². The van der Waals surface area contributed by atoms with Crippen molar-refractivity contribution in [3.8, 4) is 5.75 Å². The number of benzene rings is 1. The number of nitrogens with one attached hydrogen (secondary N) is 1.